The Kier molecular flexibility index (Phi) is 5.17. The first-order chi connectivity index (χ1) is 10.9. The number of halogens is 2. The predicted octanol–water partition coefficient (Wildman–Crippen LogP) is 5.60. The fourth-order valence-corrected chi connectivity index (χ4v) is 2.77. The molecule has 6 heteroatoms. The van der Waals surface area contributed by atoms with Crippen molar-refractivity contribution in [2.45, 2.75) is 52.5 Å². The maximum absolute atomic E-state index is 12.7. The summed E-state index contributed by atoms with van der Waals surface area (Å²) in [6.07, 6.45) is 0. The standard InChI is InChI=1S/C18H23BrClN3O/c1-17(2,3)14-10-15(23(22-14)18(4,5)6)21-16(24)12-9-11(19)7-8-13(12)20/h7-10H,1-6H3,(H,21,24). The van der Waals surface area contributed by atoms with Crippen LogP contribution in [0.1, 0.15) is 57.6 Å². The largest absolute Gasteiger partial charge is 0.307 e. The van der Waals surface area contributed by atoms with Gasteiger partial charge in [-0.1, -0.05) is 48.3 Å². The van der Waals surface area contributed by atoms with E-state index in [4.69, 9.17) is 16.7 Å². The van der Waals surface area contributed by atoms with Gasteiger partial charge in [-0.25, -0.2) is 4.68 Å². The minimum atomic E-state index is -0.257. The second kappa shape index (κ2) is 6.52. The maximum Gasteiger partial charge on any atom is 0.258 e. The van der Waals surface area contributed by atoms with Crippen molar-refractivity contribution in [2.75, 3.05) is 5.32 Å². The van der Waals surface area contributed by atoms with Gasteiger partial charge in [0.2, 0.25) is 0 Å². The third-order valence-electron chi connectivity index (χ3n) is 3.53. The van der Waals surface area contributed by atoms with Gasteiger partial charge in [-0.3, -0.25) is 4.79 Å². The van der Waals surface area contributed by atoms with Crippen LogP contribution in [0.25, 0.3) is 0 Å². The molecule has 1 N–H and O–H groups in total. The van der Waals surface area contributed by atoms with Gasteiger partial charge in [-0.05, 0) is 39.0 Å². The number of anilines is 1. The SMILES string of the molecule is CC(C)(C)c1cc(NC(=O)c2cc(Br)ccc2Cl)n(C(C)(C)C)n1. The molecule has 0 unspecified atom stereocenters. The number of carbonyl (C=O) groups excluding carboxylic acids is 1. The molecule has 2 rings (SSSR count). The Balaban J connectivity index is 2.43. The lowest BCUT2D eigenvalue weighted by Crippen LogP contribution is -2.27. The van der Waals surface area contributed by atoms with E-state index < -0.39 is 0 Å². The van der Waals surface area contributed by atoms with Crippen molar-refractivity contribution >= 4 is 39.3 Å². The van der Waals surface area contributed by atoms with Crippen molar-refractivity contribution in [3.05, 3.63) is 45.0 Å². The minimum absolute atomic E-state index is 0.108. The summed E-state index contributed by atoms with van der Waals surface area (Å²) < 4.78 is 2.65. The minimum Gasteiger partial charge on any atom is -0.307 e. The van der Waals surface area contributed by atoms with Gasteiger partial charge in [0.05, 0.1) is 21.8 Å². The number of benzene rings is 1. The number of nitrogens with zero attached hydrogens (tertiary/aromatic N) is 2. The lowest BCUT2D eigenvalue weighted by Gasteiger charge is -2.23. The number of amides is 1. The number of carbonyl (C=O) groups is 1. The van der Waals surface area contributed by atoms with E-state index in [0.717, 1.165) is 10.2 Å². The number of hydrogen-bond donors (Lipinski definition) is 1. The topological polar surface area (TPSA) is 46.9 Å². The van der Waals surface area contributed by atoms with Gasteiger partial charge in [0.15, 0.2) is 0 Å². The fraction of sp³-hybridized carbons (Fsp3) is 0.444. The third kappa shape index (κ3) is 4.19. The molecule has 1 heterocycles. The van der Waals surface area contributed by atoms with Crippen LogP contribution in [0.5, 0.6) is 0 Å². The van der Waals surface area contributed by atoms with E-state index in [0.29, 0.717) is 16.4 Å². The van der Waals surface area contributed by atoms with Gasteiger partial charge in [0, 0.05) is 16.0 Å². The third-order valence-corrected chi connectivity index (χ3v) is 4.35. The molecule has 0 saturated carbocycles. The Morgan fingerprint density at radius 3 is 2.33 bits per heavy atom. The van der Waals surface area contributed by atoms with Gasteiger partial charge >= 0.3 is 0 Å². The van der Waals surface area contributed by atoms with E-state index in [1.165, 1.54) is 0 Å². The second-order valence-corrected chi connectivity index (χ2v) is 9.15. The molecule has 1 amide bonds. The van der Waals surface area contributed by atoms with Crippen LogP contribution in [-0.2, 0) is 11.0 Å². The maximum atomic E-state index is 12.7. The molecule has 130 valence electrons. The van der Waals surface area contributed by atoms with Crippen LogP contribution < -0.4 is 5.32 Å². The molecule has 24 heavy (non-hydrogen) atoms. The van der Waals surface area contributed by atoms with E-state index in [1.807, 2.05) is 31.5 Å². The van der Waals surface area contributed by atoms with Crippen LogP contribution in [0.15, 0.2) is 28.7 Å². The molecule has 4 nitrogen and oxygen atoms in total. The number of aromatic nitrogens is 2. The van der Waals surface area contributed by atoms with E-state index in [-0.39, 0.29) is 16.9 Å². The second-order valence-electron chi connectivity index (χ2n) is 7.83. The molecule has 0 bridgehead atoms. The van der Waals surface area contributed by atoms with Gasteiger partial charge in [-0.15, -0.1) is 0 Å². The number of nitrogens with one attached hydrogen (secondary N) is 1. The summed E-state index contributed by atoms with van der Waals surface area (Å²) in [5.74, 6) is 0.403. The molecule has 1 aromatic carbocycles. The first-order valence-corrected chi connectivity index (χ1v) is 8.94. The summed E-state index contributed by atoms with van der Waals surface area (Å²) in [4.78, 5) is 12.7. The van der Waals surface area contributed by atoms with Gasteiger partial charge in [-0.2, -0.15) is 5.10 Å². The molecule has 0 atom stereocenters. The van der Waals surface area contributed by atoms with Crippen LogP contribution in [0, 0.1) is 0 Å². The Morgan fingerprint density at radius 1 is 1.17 bits per heavy atom. The highest BCUT2D eigenvalue weighted by molar-refractivity contribution is 9.10. The predicted molar refractivity (Wildman–Crippen MR) is 103 cm³/mol. The van der Waals surface area contributed by atoms with Crippen molar-refractivity contribution in [2.24, 2.45) is 0 Å². The van der Waals surface area contributed by atoms with Crippen LogP contribution >= 0.6 is 27.5 Å². The summed E-state index contributed by atoms with van der Waals surface area (Å²) in [6.45, 7) is 12.4. The number of hydrogen-bond acceptors (Lipinski definition) is 2. The summed E-state index contributed by atoms with van der Waals surface area (Å²) in [5.41, 5.74) is 0.981. The quantitative estimate of drug-likeness (QED) is 0.697. The van der Waals surface area contributed by atoms with Crippen LogP contribution in [0.4, 0.5) is 5.82 Å². The fourth-order valence-electron chi connectivity index (χ4n) is 2.20. The molecule has 0 aliphatic carbocycles. The average Bonchev–Trinajstić information content (AvgIpc) is 2.85. The average molecular weight is 413 g/mol. The Hall–Kier alpha value is -1.33. The molecule has 0 radical (unpaired) electrons. The molecule has 0 aliphatic heterocycles. The van der Waals surface area contributed by atoms with E-state index >= 15 is 0 Å². The molecule has 0 spiro atoms. The molecule has 2 aromatic rings. The molecular formula is C18H23BrClN3O. The Bertz CT molecular complexity index is 770. The van der Waals surface area contributed by atoms with Crippen molar-refractivity contribution in [1.82, 2.24) is 9.78 Å². The molecule has 0 saturated heterocycles. The zero-order chi connectivity index (χ0) is 18.3. The molecular weight excluding hydrogens is 390 g/mol. The highest BCUT2D eigenvalue weighted by Crippen LogP contribution is 2.29. The summed E-state index contributed by atoms with van der Waals surface area (Å²) in [5, 5.41) is 8.06. The molecule has 0 aliphatic rings. The smallest absolute Gasteiger partial charge is 0.258 e. The Labute approximate surface area is 156 Å². The summed E-state index contributed by atoms with van der Waals surface area (Å²) >= 11 is 9.53. The van der Waals surface area contributed by atoms with Gasteiger partial charge in [0.1, 0.15) is 5.82 Å². The van der Waals surface area contributed by atoms with Crippen LogP contribution in [0.3, 0.4) is 0 Å². The lowest BCUT2D eigenvalue weighted by atomic mass is 9.92. The van der Waals surface area contributed by atoms with Crippen molar-refractivity contribution in [3.63, 3.8) is 0 Å². The highest BCUT2D eigenvalue weighted by Gasteiger charge is 2.26. The first kappa shape index (κ1) is 19.0. The molecule has 0 fully saturated rings. The van der Waals surface area contributed by atoms with Crippen LogP contribution in [-0.4, -0.2) is 15.7 Å². The van der Waals surface area contributed by atoms with E-state index in [2.05, 4.69) is 42.0 Å². The monoisotopic (exact) mass is 411 g/mol. The van der Waals surface area contributed by atoms with E-state index in [1.54, 1.807) is 18.2 Å². The zero-order valence-corrected chi connectivity index (χ0v) is 17.2. The van der Waals surface area contributed by atoms with Crippen molar-refractivity contribution in [1.29, 1.82) is 0 Å². The Morgan fingerprint density at radius 2 is 1.79 bits per heavy atom. The van der Waals surface area contributed by atoms with Crippen LogP contribution in [0.2, 0.25) is 5.02 Å². The highest BCUT2D eigenvalue weighted by atomic mass is 79.9. The van der Waals surface area contributed by atoms with Gasteiger partial charge < -0.3 is 5.32 Å². The number of rotatable bonds is 2. The zero-order valence-electron chi connectivity index (χ0n) is 14.9. The molecule has 1 aromatic heterocycles. The summed E-state index contributed by atoms with van der Waals surface area (Å²) in [7, 11) is 0. The lowest BCUT2D eigenvalue weighted by molar-refractivity contribution is 0.102. The summed E-state index contributed by atoms with van der Waals surface area (Å²) in [6, 6.07) is 7.13. The van der Waals surface area contributed by atoms with Crippen molar-refractivity contribution in [3.8, 4) is 0 Å². The van der Waals surface area contributed by atoms with Gasteiger partial charge in [0.25, 0.3) is 5.91 Å². The van der Waals surface area contributed by atoms with E-state index in [9.17, 15) is 4.79 Å². The first-order valence-electron chi connectivity index (χ1n) is 7.77. The van der Waals surface area contributed by atoms with Crippen molar-refractivity contribution < 1.29 is 4.79 Å². The normalized spacial score (nSPS) is 12.3.